The maximum absolute atomic E-state index is 10.7. The smallest absolute Gasteiger partial charge is 0.233 e. The number of nitro groups is 1. The first-order valence-electron chi connectivity index (χ1n) is 4.87. The van der Waals surface area contributed by atoms with Crippen LogP contribution in [-0.2, 0) is 0 Å². The van der Waals surface area contributed by atoms with E-state index in [9.17, 15) is 10.1 Å². The molecule has 4 nitrogen and oxygen atoms in total. The Morgan fingerprint density at radius 3 is 2.33 bits per heavy atom. The highest BCUT2D eigenvalue weighted by atomic mass is 16.6. The summed E-state index contributed by atoms with van der Waals surface area (Å²) in [6.45, 7) is 5.54. The molecule has 1 N–H and O–H groups in total. The molecular weight excluding hydrogens is 192 g/mol. The Bertz CT molecular complexity index is 344. The molecule has 1 aromatic rings. The summed E-state index contributed by atoms with van der Waals surface area (Å²) in [5, 5.41) is 13.7. The van der Waals surface area contributed by atoms with Crippen molar-refractivity contribution >= 4 is 5.69 Å². The molecule has 0 heterocycles. The Balaban J connectivity index is 2.57. The Kier molecular flexibility index (Phi) is 3.29. The van der Waals surface area contributed by atoms with Crippen molar-refractivity contribution in [2.24, 2.45) is 0 Å². The molecule has 0 spiro atoms. The lowest BCUT2D eigenvalue weighted by Gasteiger charge is -2.16. The second-order valence-electron chi connectivity index (χ2n) is 4.29. The van der Waals surface area contributed by atoms with Crippen LogP contribution in [0.1, 0.15) is 19.4 Å². The van der Waals surface area contributed by atoms with E-state index in [4.69, 9.17) is 0 Å². The van der Waals surface area contributed by atoms with Crippen LogP contribution < -0.4 is 5.32 Å². The van der Waals surface area contributed by atoms with Crippen molar-refractivity contribution in [3.8, 4) is 0 Å². The molecule has 0 atom stereocenters. The number of rotatable bonds is 4. The molecule has 0 aliphatic heterocycles. The number of nitrogens with one attached hydrogen (secondary N) is 1. The van der Waals surface area contributed by atoms with Crippen LogP contribution in [0.3, 0.4) is 0 Å². The summed E-state index contributed by atoms with van der Waals surface area (Å²) in [6.07, 6.45) is 0. The number of nitrogens with zero attached hydrogens (tertiary/aromatic N) is 1. The van der Waals surface area contributed by atoms with E-state index in [0.29, 0.717) is 6.54 Å². The van der Waals surface area contributed by atoms with Crippen LogP contribution in [0.2, 0.25) is 0 Å². The van der Waals surface area contributed by atoms with Crippen LogP contribution in [0.25, 0.3) is 0 Å². The standard InChI is InChI=1S/C11H16N2O2/c1-9-4-6-10(7-5-9)12-8-11(2,3)13(14)15/h4-7,12H,8H2,1-3H3. The molecule has 0 aliphatic carbocycles. The predicted octanol–water partition coefficient (Wildman–Crippen LogP) is 2.46. The third-order valence-corrected chi connectivity index (χ3v) is 2.27. The largest absolute Gasteiger partial charge is 0.378 e. The molecular formula is C11H16N2O2. The second-order valence-corrected chi connectivity index (χ2v) is 4.29. The molecule has 0 aromatic heterocycles. The van der Waals surface area contributed by atoms with E-state index in [1.807, 2.05) is 31.2 Å². The molecule has 0 aliphatic rings. The minimum absolute atomic E-state index is 0.270. The zero-order valence-electron chi connectivity index (χ0n) is 9.28. The van der Waals surface area contributed by atoms with Crippen molar-refractivity contribution < 1.29 is 4.92 Å². The maximum atomic E-state index is 10.7. The van der Waals surface area contributed by atoms with Crippen molar-refractivity contribution in [3.05, 3.63) is 39.9 Å². The minimum Gasteiger partial charge on any atom is -0.378 e. The van der Waals surface area contributed by atoms with Gasteiger partial charge in [-0.3, -0.25) is 10.1 Å². The van der Waals surface area contributed by atoms with Gasteiger partial charge in [0.15, 0.2) is 0 Å². The second kappa shape index (κ2) is 4.29. The molecule has 82 valence electrons. The molecule has 0 radical (unpaired) electrons. The highest BCUT2D eigenvalue weighted by Crippen LogP contribution is 2.12. The quantitative estimate of drug-likeness (QED) is 0.610. The van der Waals surface area contributed by atoms with Crippen LogP contribution >= 0.6 is 0 Å². The normalized spacial score (nSPS) is 11.1. The zero-order valence-corrected chi connectivity index (χ0v) is 9.28. The first-order chi connectivity index (χ1) is 6.92. The summed E-state index contributed by atoms with van der Waals surface area (Å²) < 4.78 is 0. The van der Waals surface area contributed by atoms with E-state index >= 15 is 0 Å². The van der Waals surface area contributed by atoms with Crippen molar-refractivity contribution in [1.82, 2.24) is 0 Å². The lowest BCUT2D eigenvalue weighted by molar-refractivity contribution is -0.556. The van der Waals surface area contributed by atoms with Gasteiger partial charge in [-0.1, -0.05) is 17.7 Å². The Hall–Kier alpha value is -1.58. The molecule has 0 bridgehead atoms. The SMILES string of the molecule is Cc1ccc(NCC(C)(C)[N+](=O)[O-])cc1. The van der Waals surface area contributed by atoms with Gasteiger partial charge < -0.3 is 5.32 Å². The van der Waals surface area contributed by atoms with E-state index in [0.717, 1.165) is 5.69 Å². The van der Waals surface area contributed by atoms with Gasteiger partial charge in [0.2, 0.25) is 5.54 Å². The lowest BCUT2D eigenvalue weighted by atomic mass is 10.1. The first kappa shape index (κ1) is 11.5. The number of anilines is 1. The van der Waals surface area contributed by atoms with Crippen LogP contribution in [0, 0.1) is 17.0 Å². The van der Waals surface area contributed by atoms with Gasteiger partial charge in [-0.25, -0.2) is 0 Å². The fourth-order valence-corrected chi connectivity index (χ4v) is 1.05. The zero-order chi connectivity index (χ0) is 11.5. The molecule has 4 heteroatoms. The lowest BCUT2D eigenvalue weighted by Crippen LogP contribution is -2.38. The summed E-state index contributed by atoms with van der Waals surface area (Å²) in [4.78, 5) is 10.4. The summed E-state index contributed by atoms with van der Waals surface area (Å²) in [5.74, 6) is 0. The van der Waals surface area contributed by atoms with Gasteiger partial charge >= 0.3 is 0 Å². The summed E-state index contributed by atoms with van der Waals surface area (Å²) in [7, 11) is 0. The van der Waals surface area contributed by atoms with Crippen LogP contribution in [0.5, 0.6) is 0 Å². The van der Waals surface area contributed by atoms with Crippen molar-refractivity contribution in [3.63, 3.8) is 0 Å². The fraction of sp³-hybridized carbons (Fsp3) is 0.455. The molecule has 0 saturated heterocycles. The molecule has 0 amide bonds. The van der Waals surface area contributed by atoms with Gasteiger partial charge in [-0.05, 0) is 19.1 Å². The monoisotopic (exact) mass is 208 g/mol. The van der Waals surface area contributed by atoms with Crippen molar-refractivity contribution in [2.75, 3.05) is 11.9 Å². The molecule has 0 unspecified atom stereocenters. The Morgan fingerprint density at radius 1 is 1.33 bits per heavy atom. The van der Waals surface area contributed by atoms with Crippen molar-refractivity contribution in [1.29, 1.82) is 0 Å². The molecule has 15 heavy (non-hydrogen) atoms. The van der Waals surface area contributed by atoms with E-state index in [1.54, 1.807) is 13.8 Å². The summed E-state index contributed by atoms with van der Waals surface area (Å²) in [5.41, 5.74) is 1.15. The van der Waals surface area contributed by atoms with Crippen LogP contribution in [-0.4, -0.2) is 17.0 Å². The fourth-order valence-electron chi connectivity index (χ4n) is 1.05. The highest BCUT2D eigenvalue weighted by Gasteiger charge is 2.29. The van der Waals surface area contributed by atoms with E-state index in [1.165, 1.54) is 5.56 Å². The van der Waals surface area contributed by atoms with Gasteiger partial charge in [-0.2, -0.15) is 0 Å². The predicted molar refractivity (Wildman–Crippen MR) is 60.7 cm³/mol. The maximum Gasteiger partial charge on any atom is 0.233 e. The van der Waals surface area contributed by atoms with Gasteiger partial charge in [0.05, 0.1) is 6.54 Å². The number of benzene rings is 1. The molecule has 1 aromatic carbocycles. The minimum atomic E-state index is -0.940. The first-order valence-corrected chi connectivity index (χ1v) is 4.87. The number of aryl methyl sites for hydroxylation is 1. The van der Waals surface area contributed by atoms with Gasteiger partial charge in [0.1, 0.15) is 0 Å². The van der Waals surface area contributed by atoms with Crippen molar-refractivity contribution in [2.45, 2.75) is 26.3 Å². The Morgan fingerprint density at radius 2 is 1.87 bits per heavy atom. The molecule has 1 rings (SSSR count). The van der Waals surface area contributed by atoms with Crippen LogP contribution in [0.15, 0.2) is 24.3 Å². The van der Waals surface area contributed by atoms with E-state index < -0.39 is 5.54 Å². The number of hydrogen-bond acceptors (Lipinski definition) is 3. The molecule has 0 saturated carbocycles. The van der Waals surface area contributed by atoms with Gasteiger partial charge in [0, 0.05) is 24.5 Å². The average molecular weight is 208 g/mol. The third kappa shape index (κ3) is 3.23. The highest BCUT2D eigenvalue weighted by molar-refractivity contribution is 5.44. The van der Waals surface area contributed by atoms with E-state index in [-0.39, 0.29) is 4.92 Å². The summed E-state index contributed by atoms with van der Waals surface area (Å²) in [6, 6.07) is 7.79. The van der Waals surface area contributed by atoms with E-state index in [2.05, 4.69) is 5.32 Å². The third-order valence-electron chi connectivity index (χ3n) is 2.27. The van der Waals surface area contributed by atoms with Gasteiger partial charge in [0.25, 0.3) is 0 Å². The molecule has 0 fully saturated rings. The topological polar surface area (TPSA) is 55.2 Å². The Labute approximate surface area is 89.5 Å². The van der Waals surface area contributed by atoms with Crippen LogP contribution in [0.4, 0.5) is 5.69 Å². The summed E-state index contributed by atoms with van der Waals surface area (Å²) >= 11 is 0. The van der Waals surface area contributed by atoms with Gasteiger partial charge in [-0.15, -0.1) is 0 Å². The average Bonchev–Trinajstić information content (AvgIpc) is 2.17. The number of hydrogen-bond donors (Lipinski definition) is 1.